The van der Waals surface area contributed by atoms with E-state index in [9.17, 15) is 19.2 Å². The van der Waals surface area contributed by atoms with Crippen molar-refractivity contribution in [3.8, 4) is 0 Å². The molecule has 0 aromatic heterocycles. The first-order chi connectivity index (χ1) is 27.2. The molecule has 0 saturated carbocycles. The first kappa shape index (κ1) is 54.9. The molecule has 3 amide bonds. The Hall–Kier alpha value is -2.12. The summed E-state index contributed by atoms with van der Waals surface area (Å²) in [4.78, 5) is 49.0. The minimum absolute atomic E-state index is 0.0434. The second-order valence-electron chi connectivity index (χ2n) is 17.6. The topological polar surface area (TPSA) is 153 Å². The van der Waals surface area contributed by atoms with Crippen LogP contribution in [0.15, 0.2) is 0 Å². The molecular weight excluding hydrogens is 725 g/mol. The summed E-state index contributed by atoms with van der Waals surface area (Å²) in [6.45, 7) is 19.2. The van der Waals surface area contributed by atoms with Crippen molar-refractivity contribution in [2.24, 2.45) is 5.41 Å². The third-order valence-electron chi connectivity index (χ3n) is 9.28. The highest BCUT2D eigenvalue weighted by molar-refractivity contribution is 5.84. The number of unbranched alkanes of at least 4 members (excludes halogenated alkanes) is 13. The van der Waals surface area contributed by atoms with Gasteiger partial charge >= 0.3 is 0 Å². The van der Waals surface area contributed by atoms with Crippen LogP contribution in [0.5, 0.6) is 0 Å². The number of Topliss-reactive ketones (excluding diaryl/α,β-unsaturated/α-hetero) is 1. The van der Waals surface area contributed by atoms with E-state index in [0.717, 1.165) is 32.1 Å². The molecule has 0 radical (unpaired) electrons. The minimum atomic E-state index is -0.175. The smallest absolute Gasteiger partial charge is 0.222 e. The van der Waals surface area contributed by atoms with E-state index in [-0.39, 0.29) is 53.3 Å². The maximum absolute atomic E-state index is 12.8. The molecule has 0 aliphatic carbocycles. The van der Waals surface area contributed by atoms with Crippen molar-refractivity contribution in [1.29, 1.82) is 0 Å². The van der Waals surface area contributed by atoms with Crippen molar-refractivity contribution < 1.29 is 38.1 Å². The molecule has 336 valence electrons. The third-order valence-corrected chi connectivity index (χ3v) is 9.28. The van der Waals surface area contributed by atoms with Gasteiger partial charge in [-0.15, -0.1) is 0 Å². The molecule has 1 unspecified atom stereocenters. The Balaban J connectivity index is 3.53. The van der Waals surface area contributed by atoms with E-state index in [2.05, 4.69) is 69.7 Å². The Bertz CT molecular complexity index is 999. The number of amides is 3. The predicted octanol–water partition coefficient (Wildman–Crippen LogP) is 7.60. The van der Waals surface area contributed by atoms with Gasteiger partial charge in [0, 0.05) is 50.9 Å². The highest BCUT2D eigenvalue weighted by Gasteiger charge is 2.26. The molecule has 12 nitrogen and oxygen atoms in total. The van der Waals surface area contributed by atoms with Crippen LogP contribution in [-0.4, -0.2) is 108 Å². The molecule has 0 fully saturated rings. The van der Waals surface area contributed by atoms with Crippen LogP contribution in [0.1, 0.15) is 177 Å². The Morgan fingerprint density at radius 3 is 1.30 bits per heavy atom. The lowest BCUT2D eigenvalue weighted by atomic mass is 9.86. The maximum atomic E-state index is 12.8. The second-order valence-corrected chi connectivity index (χ2v) is 17.6. The Labute approximate surface area is 348 Å². The van der Waals surface area contributed by atoms with Gasteiger partial charge in [0.1, 0.15) is 5.78 Å². The first-order valence-electron chi connectivity index (χ1n) is 22.6. The summed E-state index contributed by atoms with van der Waals surface area (Å²) in [6, 6.07) is -0.175. The molecule has 0 aromatic rings. The van der Waals surface area contributed by atoms with Crippen LogP contribution < -0.4 is 21.3 Å². The molecule has 0 aliphatic rings. The van der Waals surface area contributed by atoms with Gasteiger partial charge in [-0.25, -0.2) is 0 Å². The molecule has 1 atom stereocenters. The van der Waals surface area contributed by atoms with Crippen molar-refractivity contribution in [3.63, 3.8) is 0 Å². The van der Waals surface area contributed by atoms with Gasteiger partial charge in [0.25, 0.3) is 0 Å². The summed E-state index contributed by atoms with van der Waals surface area (Å²) >= 11 is 0. The van der Waals surface area contributed by atoms with E-state index in [1.165, 1.54) is 70.6 Å². The molecule has 12 heteroatoms. The summed E-state index contributed by atoms with van der Waals surface area (Å²) in [5, 5.41) is 12.1. The van der Waals surface area contributed by atoms with E-state index in [4.69, 9.17) is 18.9 Å². The average molecular weight is 813 g/mol. The van der Waals surface area contributed by atoms with Gasteiger partial charge < -0.3 is 40.2 Å². The van der Waals surface area contributed by atoms with E-state index in [1.54, 1.807) is 0 Å². The highest BCUT2D eigenvalue weighted by atomic mass is 16.5. The van der Waals surface area contributed by atoms with Crippen molar-refractivity contribution in [2.75, 3.05) is 72.5 Å². The van der Waals surface area contributed by atoms with Crippen LogP contribution in [0.2, 0.25) is 0 Å². The Kier molecular flexibility index (Phi) is 35.5. The van der Waals surface area contributed by atoms with Crippen molar-refractivity contribution >= 4 is 23.5 Å². The molecule has 0 aromatic carbocycles. The minimum Gasteiger partial charge on any atom is -0.379 e. The van der Waals surface area contributed by atoms with E-state index in [0.29, 0.717) is 85.3 Å². The number of ketones is 1. The first-order valence-corrected chi connectivity index (χ1v) is 22.6. The van der Waals surface area contributed by atoms with Gasteiger partial charge in [-0.1, -0.05) is 105 Å². The zero-order valence-electron chi connectivity index (χ0n) is 37.8. The fourth-order valence-electron chi connectivity index (χ4n) is 6.25. The zero-order chi connectivity index (χ0) is 42.5. The number of nitrogens with one attached hydrogen (secondary N) is 4. The zero-order valence-corrected chi connectivity index (χ0v) is 37.8. The predicted molar refractivity (Wildman–Crippen MR) is 231 cm³/mol. The van der Waals surface area contributed by atoms with Crippen LogP contribution in [0.4, 0.5) is 0 Å². The number of carbonyl (C=O) groups is 4. The lowest BCUT2D eigenvalue weighted by molar-refractivity contribution is -0.124. The fraction of sp³-hybridized carbons (Fsp3) is 0.911. The Morgan fingerprint density at radius 2 is 0.860 bits per heavy atom. The van der Waals surface area contributed by atoms with Crippen LogP contribution >= 0.6 is 0 Å². The van der Waals surface area contributed by atoms with Crippen molar-refractivity contribution in [3.05, 3.63) is 0 Å². The normalized spacial score (nSPS) is 12.4. The highest BCUT2D eigenvalue weighted by Crippen LogP contribution is 2.22. The molecule has 57 heavy (non-hydrogen) atoms. The van der Waals surface area contributed by atoms with Crippen LogP contribution in [-0.2, 0) is 38.1 Å². The van der Waals surface area contributed by atoms with Crippen molar-refractivity contribution in [2.45, 2.75) is 188 Å². The van der Waals surface area contributed by atoms with Gasteiger partial charge in [0.05, 0.1) is 58.9 Å². The van der Waals surface area contributed by atoms with E-state index in [1.807, 2.05) is 0 Å². The lowest BCUT2D eigenvalue weighted by Gasteiger charge is -2.30. The summed E-state index contributed by atoms with van der Waals surface area (Å²) < 4.78 is 22.0. The quantitative estimate of drug-likeness (QED) is 0.0459. The molecule has 0 spiro atoms. The van der Waals surface area contributed by atoms with Gasteiger partial charge in [-0.2, -0.15) is 0 Å². The number of ether oxygens (including phenoxy) is 4. The number of rotatable bonds is 40. The standard InChI is InChI=1S/C45H88N4O8/c1-8-9-10-11-12-13-14-15-16-17-18-19-20-24-41(51)47-28-32-56-36-35-55-31-26-43(53)48-29-33-57-37-34-54-30-25-42(52)46-27-22-21-23-39(49-45(5,6)7)40(50)38-44(2,3)4/h39,49H,8-38H2,1-7H3,(H,46,52)(H,47,51)(H,48,53). The largest absolute Gasteiger partial charge is 0.379 e. The lowest BCUT2D eigenvalue weighted by Crippen LogP contribution is -2.48. The SMILES string of the molecule is CCCCCCCCCCCCCCCC(=O)NCCOCCOCCC(=O)NCCOCCOCCC(=O)NCCCCC(NC(C)(C)C)C(=O)CC(C)(C)C. The summed E-state index contributed by atoms with van der Waals surface area (Å²) in [5.41, 5.74) is -0.186. The molecule has 0 saturated heterocycles. The number of hydrogen-bond donors (Lipinski definition) is 4. The summed E-state index contributed by atoms with van der Waals surface area (Å²) in [5.74, 6) is 0.170. The van der Waals surface area contributed by atoms with E-state index >= 15 is 0 Å². The van der Waals surface area contributed by atoms with E-state index < -0.39 is 0 Å². The van der Waals surface area contributed by atoms with Crippen LogP contribution in [0, 0.1) is 5.41 Å². The molecule has 0 aliphatic heterocycles. The molecule has 0 rings (SSSR count). The van der Waals surface area contributed by atoms with Gasteiger partial charge in [-0.3, -0.25) is 19.2 Å². The third kappa shape index (κ3) is 41.8. The number of carbonyl (C=O) groups excluding carboxylic acids is 4. The average Bonchev–Trinajstić information content (AvgIpc) is 3.13. The molecule has 0 heterocycles. The van der Waals surface area contributed by atoms with Gasteiger partial charge in [0.15, 0.2) is 0 Å². The monoisotopic (exact) mass is 813 g/mol. The Morgan fingerprint density at radius 1 is 0.456 bits per heavy atom. The molecular formula is C45H88N4O8. The van der Waals surface area contributed by atoms with Crippen molar-refractivity contribution in [1.82, 2.24) is 21.3 Å². The molecule has 0 bridgehead atoms. The number of hydrogen-bond acceptors (Lipinski definition) is 9. The summed E-state index contributed by atoms with van der Waals surface area (Å²) in [6.07, 6.45) is 20.9. The van der Waals surface area contributed by atoms with Crippen LogP contribution in [0.25, 0.3) is 0 Å². The van der Waals surface area contributed by atoms with Gasteiger partial charge in [-0.05, 0) is 51.9 Å². The summed E-state index contributed by atoms with van der Waals surface area (Å²) in [7, 11) is 0. The van der Waals surface area contributed by atoms with Crippen LogP contribution in [0.3, 0.4) is 0 Å². The van der Waals surface area contributed by atoms with Gasteiger partial charge in [0.2, 0.25) is 17.7 Å². The molecule has 4 N–H and O–H groups in total. The maximum Gasteiger partial charge on any atom is 0.222 e. The fourth-order valence-corrected chi connectivity index (χ4v) is 6.25. The second kappa shape index (κ2) is 36.9.